The maximum atomic E-state index is 8.32. The minimum atomic E-state index is 0.264. The van der Waals surface area contributed by atoms with Crippen LogP contribution in [-0.4, -0.2) is 9.97 Å². The van der Waals surface area contributed by atoms with E-state index in [-0.39, 0.29) is 12.8 Å². The first kappa shape index (κ1) is 8.16. The molecule has 0 N–H and O–H groups in total. The standard InChI is InChI=1S/C8H6N4/c9-3-1-7-5-12-8(2-4-10)6-11-7/h5-6H,1-2H2. The largest absolute Gasteiger partial charge is 0.257 e. The molecule has 0 radical (unpaired) electrons. The van der Waals surface area contributed by atoms with Crippen molar-refractivity contribution in [2.24, 2.45) is 0 Å². The quantitative estimate of drug-likeness (QED) is 0.632. The van der Waals surface area contributed by atoms with E-state index in [9.17, 15) is 0 Å². The monoisotopic (exact) mass is 158 g/mol. The molecule has 4 nitrogen and oxygen atoms in total. The Bertz CT molecular complexity index is 293. The van der Waals surface area contributed by atoms with Gasteiger partial charge in [0.1, 0.15) is 0 Å². The van der Waals surface area contributed by atoms with Crippen LogP contribution < -0.4 is 0 Å². The maximum Gasteiger partial charge on any atom is 0.0790 e. The van der Waals surface area contributed by atoms with Crippen LogP contribution in [0.5, 0.6) is 0 Å². The van der Waals surface area contributed by atoms with Crippen LogP contribution >= 0.6 is 0 Å². The summed E-state index contributed by atoms with van der Waals surface area (Å²) in [7, 11) is 0. The van der Waals surface area contributed by atoms with Crippen molar-refractivity contribution in [2.45, 2.75) is 12.8 Å². The number of hydrogen-bond acceptors (Lipinski definition) is 4. The lowest BCUT2D eigenvalue weighted by Crippen LogP contribution is -1.93. The molecule has 0 saturated heterocycles. The van der Waals surface area contributed by atoms with Gasteiger partial charge in [-0.05, 0) is 0 Å². The summed E-state index contributed by atoms with van der Waals surface area (Å²) in [5.41, 5.74) is 1.28. The average molecular weight is 158 g/mol. The summed E-state index contributed by atoms with van der Waals surface area (Å²) in [6.07, 6.45) is 3.57. The topological polar surface area (TPSA) is 73.4 Å². The summed E-state index contributed by atoms with van der Waals surface area (Å²) < 4.78 is 0. The van der Waals surface area contributed by atoms with Crippen molar-refractivity contribution in [1.82, 2.24) is 9.97 Å². The van der Waals surface area contributed by atoms with Gasteiger partial charge in [0.25, 0.3) is 0 Å². The minimum Gasteiger partial charge on any atom is -0.257 e. The average Bonchev–Trinajstić information content (AvgIpc) is 2.09. The Labute approximate surface area is 70.1 Å². The number of hydrogen-bond donors (Lipinski definition) is 0. The molecular formula is C8H6N4. The van der Waals surface area contributed by atoms with Crippen LogP contribution in [0.3, 0.4) is 0 Å². The van der Waals surface area contributed by atoms with Gasteiger partial charge in [-0.1, -0.05) is 0 Å². The number of aromatic nitrogens is 2. The van der Waals surface area contributed by atoms with Crippen molar-refractivity contribution in [3.63, 3.8) is 0 Å². The fourth-order valence-electron chi connectivity index (χ4n) is 0.726. The molecule has 0 bridgehead atoms. The lowest BCUT2D eigenvalue weighted by atomic mass is 10.3. The van der Waals surface area contributed by atoms with Crippen molar-refractivity contribution in [3.05, 3.63) is 23.8 Å². The fourth-order valence-corrected chi connectivity index (χ4v) is 0.726. The van der Waals surface area contributed by atoms with Crippen LogP contribution in [0, 0.1) is 22.7 Å². The third kappa shape index (κ3) is 2.03. The molecule has 0 amide bonds. The molecule has 0 aliphatic heterocycles. The number of nitriles is 2. The number of rotatable bonds is 2. The molecule has 0 atom stereocenters. The highest BCUT2D eigenvalue weighted by atomic mass is 14.8. The van der Waals surface area contributed by atoms with Crippen LogP contribution in [0.4, 0.5) is 0 Å². The Morgan fingerprint density at radius 1 is 1.00 bits per heavy atom. The van der Waals surface area contributed by atoms with Gasteiger partial charge in [0.2, 0.25) is 0 Å². The molecule has 0 spiro atoms. The van der Waals surface area contributed by atoms with E-state index in [4.69, 9.17) is 10.5 Å². The highest BCUT2D eigenvalue weighted by Gasteiger charge is 1.95. The summed E-state index contributed by atoms with van der Waals surface area (Å²) in [4.78, 5) is 7.90. The molecule has 1 aromatic heterocycles. The SMILES string of the molecule is N#CCc1cnc(CC#N)cn1. The van der Waals surface area contributed by atoms with E-state index in [1.165, 1.54) is 12.4 Å². The van der Waals surface area contributed by atoms with E-state index >= 15 is 0 Å². The molecule has 0 aliphatic carbocycles. The minimum absolute atomic E-state index is 0.264. The van der Waals surface area contributed by atoms with Crippen LogP contribution in [0.2, 0.25) is 0 Å². The molecule has 0 unspecified atom stereocenters. The summed E-state index contributed by atoms with van der Waals surface area (Å²) in [6.45, 7) is 0. The van der Waals surface area contributed by atoms with Crippen LogP contribution in [0.1, 0.15) is 11.4 Å². The Morgan fingerprint density at radius 3 is 1.67 bits per heavy atom. The molecule has 1 aromatic rings. The second-order valence-corrected chi connectivity index (χ2v) is 2.17. The molecule has 1 rings (SSSR count). The lowest BCUT2D eigenvalue weighted by molar-refractivity contribution is 0.996. The van der Waals surface area contributed by atoms with E-state index in [1.54, 1.807) is 0 Å². The lowest BCUT2D eigenvalue weighted by Gasteiger charge is -1.93. The predicted octanol–water partition coefficient (Wildman–Crippen LogP) is 0.609. The highest BCUT2D eigenvalue weighted by Crippen LogP contribution is 1.96. The van der Waals surface area contributed by atoms with Crippen LogP contribution in [0.15, 0.2) is 12.4 Å². The first-order valence-electron chi connectivity index (χ1n) is 3.40. The summed E-state index contributed by atoms with van der Waals surface area (Å²) in [5.74, 6) is 0. The molecule has 0 aliphatic rings. The summed E-state index contributed by atoms with van der Waals surface area (Å²) in [5, 5.41) is 16.6. The Morgan fingerprint density at radius 2 is 1.42 bits per heavy atom. The van der Waals surface area contributed by atoms with Gasteiger partial charge >= 0.3 is 0 Å². The number of nitrogens with zero attached hydrogens (tertiary/aromatic N) is 4. The fraction of sp³-hybridized carbons (Fsp3) is 0.250. The van der Waals surface area contributed by atoms with E-state index < -0.39 is 0 Å². The van der Waals surface area contributed by atoms with Gasteiger partial charge in [0, 0.05) is 12.4 Å². The maximum absolute atomic E-state index is 8.32. The Hall–Kier alpha value is -1.94. The highest BCUT2D eigenvalue weighted by molar-refractivity contribution is 5.08. The van der Waals surface area contributed by atoms with Gasteiger partial charge in [0.15, 0.2) is 0 Å². The van der Waals surface area contributed by atoms with Gasteiger partial charge in [0.05, 0.1) is 36.4 Å². The van der Waals surface area contributed by atoms with Gasteiger partial charge in [-0.15, -0.1) is 0 Å². The second-order valence-electron chi connectivity index (χ2n) is 2.17. The van der Waals surface area contributed by atoms with E-state index in [2.05, 4.69) is 9.97 Å². The molecule has 0 saturated carbocycles. The van der Waals surface area contributed by atoms with Crippen LogP contribution in [-0.2, 0) is 12.8 Å². The molecule has 4 heteroatoms. The van der Waals surface area contributed by atoms with E-state index in [0.29, 0.717) is 11.4 Å². The van der Waals surface area contributed by atoms with Crippen molar-refractivity contribution in [2.75, 3.05) is 0 Å². The molecule has 0 aromatic carbocycles. The summed E-state index contributed by atoms with van der Waals surface area (Å²) in [6, 6.07) is 3.94. The zero-order chi connectivity index (χ0) is 8.81. The predicted molar refractivity (Wildman–Crippen MR) is 40.7 cm³/mol. The molecular weight excluding hydrogens is 152 g/mol. The van der Waals surface area contributed by atoms with E-state index in [0.717, 1.165) is 0 Å². The second kappa shape index (κ2) is 4.05. The van der Waals surface area contributed by atoms with Crippen molar-refractivity contribution in [1.29, 1.82) is 10.5 Å². The third-order valence-corrected chi connectivity index (χ3v) is 1.28. The third-order valence-electron chi connectivity index (χ3n) is 1.28. The van der Waals surface area contributed by atoms with Gasteiger partial charge in [-0.25, -0.2) is 0 Å². The van der Waals surface area contributed by atoms with Gasteiger partial charge in [-0.3, -0.25) is 9.97 Å². The normalized spacial score (nSPS) is 8.50. The zero-order valence-corrected chi connectivity index (χ0v) is 6.36. The molecule has 58 valence electrons. The molecule has 0 fully saturated rings. The van der Waals surface area contributed by atoms with E-state index in [1.807, 2.05) is 12.1 Å². The van der Waals surface area contributed by atoms with Crippen molar-refractivity contribution < 1.29 is 0 Å². The Kier molecular flexibility index (Phi) is 2.75. The van der Waals surface area contributed by atoms with Crippen molar-refractivity contribution in [3.8, 4) is 12.1 Å². The molecule has 12 heavy (non-hydrogen) atoms. The van der Waals surface area contributed by atoms with Gasteiger partial charge in [-0.2, -0.15) is 10.5 Å². The summed E-state index contributed by atoms with van der Waals surface area (Å²) >= 11 is 0. The molecule has 1 heterocycles. The van der Waals surface area contributed by atoms with Crippen molar-refractivity contribution >= 4 is 0 Å². The Balaban J connectivity index is 2.74. The first-order valence-corrected chi connectivity index (χ1v) is 3.40. The smallest absolute Gasteiger partial charge is 0.0790 e. The van der Waals surface area contributed by atoms with Crippen LogP contribution in [0.25, 0.3) is 0 Å². The first-order chi connectivity index (χ1) is 5.86. The van der Waals surface area contributed by atoms with Gasteiger partial charge < -0.3 is 0 Å². The zero-order valence-electron chi connectivity index (χ0n) is 6.36.